The zero-order chi connectivity index (χ0) is 15.3. The van der Waals surface area contributed by atoms with Gasteiger partial charge >= 0.3 is 5.97 Å². The normalized spacial score (nSPS) is 13.1. The first kappa shape index (κ1) is 16.4. The van der Waals surface area contributed by atoms with Crippen molar-refractivity contribution in [1.29, 1.82) is 0 Å². The standard InChI is InChI=1S/C12H18N2O5S/c1-2-9(5-6-15)14-20(18,19)11-4-3-8(12(16)17)7-10(11)13/h3-4,7,9,14-15H,2,5-6,13H2,1H3,(H,16,17). The summed E-state index contributed by atoms with van der Waals surface area (Å²) in [5, 5.41) is 17.7. The summed E-state index contributed by atoms with van der Waals surface area (Å²) in [5.41, 5.74) is 5.40. The van der Waals surface area contributed by atoms with E-state index in [9.17, 15) is 13.2 Å². The van der Waals surface area contributed by atoms with Gasteiger partial charge in [-0.2, -0.15) is 0 Å². The third kappa shape index (κ3) is 3.92. The highest BCUT2D eigenvalue weighted by atomic mass is 32.2. The quantitative estimate of drug-likeness (QED) is 0.540. The van der Waals surface area contributed by atoms with Gasteiger partial charge in [-0.15, -0.1) is 0 Å². The largest absolute Gasteiger partial charge is 0.478 e. The minimum absolute atomic E-state index is 0.0798. The van der Waals surface area contributed by atoms with Gasteiger partial charge in [-0.3, -0.25) is 0 Å². The van der Waals surface area contributed by atoms with Crippen LogP contribution in [0.15, 0.2) is 23.1 Å². The Morgan fingerprint density at radius 3 is 2.55 bits per heavy atom. The van der Waals surface area contributed by atoms with Crippen LogP contribution in [0.3, 0.4) is 0 Å². The lowest BCUT2D eigenvalue weighted by molar-refractivity contribution is 0.0697. The third-order valence-corrected chi connectivity index (χ3v) is 4.43. The smallest absolute Gasteiger partial charge is 0.335 e. The SMILES string of the molecule is CCC(CCO)NS(=O)(=O)c1ccc(C(=O)O)cc1N. The molecule has 7 nitrogen and oxygen atoms in total. The number of aliphatic hydroxyl groups is 1. The van der Waals surface area contributed by atoms with E-state index in [1.165, 1.54) is 6.07 Å². The topological polar surface area (TPSA) is 130 Å². The van der Waals surface area contributed by atoms with Crippen molar-refractivity contribution in [2.75, 3.05) is 12.3 Å². The summed E-state index contributed by atoms with van der Waals surface area (Å²) in [6.07, 6.45) is 0.815. The molecule has 1 aromatic carbocycles. The molecule has 0 saturated heterocycles. The van der Waals surface area contributed by atoms with Gasteiger partial charge in [0.05, 0.1) is 11.3 Å². The Balaban J connectivity index is 3.06. The summed E-state index contributed by atoms with van der Waals surface area (Å²) in [7, 11) is -3.85. The Morgan fingerprint density at radius 2 is 2.10 bits per heavy atom. The predicted molar refractivity (Wildman–Crippen MR) is 73.9 cm³/mol. The number of carboxylic acids is 1. The number of hydrogen-bond acceptors (Lipinski definition) is 5. The molecular weight excluding hydrogens is 284 g/mol. The molecule has 0 amide bonds. The van der Waals surface area contributed by atoms with Crippen molar-refractivity contribution >= 4 is 21.7 Å². The third-order valence-electron chi connectivity index (χ3n) is 2.84. The van der Waals surface area contributed by atoms with Gasteiger partial charge in [0.25, 0.3) is 0 Å². The number of benzene rings is 1. The minimum Gasteiger partial charge on any atom is -0.478 e. The molecule has 112 valence electrons. The summed E-state index contributed by atoms with van der Waals surface area (Å²) in [4.78, 5) is 10.6. The fourth-order valence-corrected chi connectivity index (χ4v) is 3.18. The monoisotopic (exact) mass is 302 g/mol. The highest BCUT2D eigenvalue weighted by molar-refractivity contribution is 7.89. The van der Waals surface area contributed by atoms with Crippen LogP contribution in [0.5, 0.6) is 0 Å². The molecule has 0 aliphatic carbocycles. The molecule has 1 aromatic rings. The van der Waals surface area contributed by atoms with E-state index < -0.39 is 22.0 Å². The van der Waals surface area contributed by atoms with E-state index in [4.69, 9.17) is 15.9 Å². The summed E-state index contributed by atoms with van der Waals surface area (Å²) in [5.74, 6) is -1.18. The first-order chi connectivity index (χ1) is 9.31. The van der Waals surface area contributed by atoms with E-state index in [0.717, 1.165) is 12.1 Å². The molecule has 0 fully saturated rings. The molecule has 8 heteroatoms. The number of nitrogens with one attached hydrogen (secondary N) is 1. The number of carbonyl (C=O) groups is 1. The van der Waals surface area contributed by atoms with Gasteiger partial charge in [0.15, 0.2) is 0 Å². The van der Waals surface area contributed by atoms with Gasteiger partial charge in [-0.25, -0.2) is 17.9 Å². The van der Waals surface area contributed by atoms with Gasteiger partial charge in [0.2, 0.25) is 10.0 Å². The van der Waals surface area contributed by atoms with E-state index in [2.05, 4.69) is 4.72 Å². The number of rotatable bonds is 7. The maximum Gasteiger partial charge on any atom is 0.335 e. The molecule has 0 aliphatic rings. The molecule has 0 saturated carbocycles. The predicted octanol–water partition coefficient (Wildman–Crippen LogP) is 0.406. The summed E-state index contributed by atoms with van der Waals surface area (Å²) < 4.78 is 26.8. The van der Waals surface area contributed by atoms with Crippen LogP contribution in [0.25, 0.3) is 0 Å². The van der Waals surface area contributed by atoms with Gasteiger partial charge < -0.3 is 15.9 Å². The second-order valence-electron chi connectivity index (χ2n) is 4.30. The van der Waals surface area contributed by atoms with Crippen molar-refractivity contribution in [2.45, 2.75) is 30.7 Å². The number of nitrogen functional groups attached to an aromatic ring is 1. The molecule has 0 heterocycles. The van der Waals surface area contributed by atoms with Crippen LogP contribution >= 0.6 is 0 Å². The molecule has 0 spiro atoms. The van der Waals surface area contributed by atoms with Crippen molar-refractivity contribution in [3.8, 4) is 0 Å². The Morgan fingerprint density at radius 1 is 1.45 bits per heavy atom. The molecule has 1 rings (SSSR count). The Kier molecular flexibility index (Phi) is 5.49. The van der Waals surface area contributed by atoms with E-state index in [0.29, 0.717) is 12.8 Å². The number of aromatic carboxylic acids is 1. The zero-order valence-electron chi connectivity index (χ0n) is 11.0. The summed E-state index contributed by atoms with van der Waals surface area (Å²) in [6, 6.07) is 3.04. The van der Waals surface area contributed by atoms with Crippen LogP contribution < -0.4 is 10.5 Å². The number of hydrogen-bond donors (Lipinski definition) is 4. The molecule has 0 radical (unpaired) electrons. The molecule has 20 heavy (non-hydrogen) atoms. The maximum atomic E-state index is 12.2. The number of nitrogens with two attached hydrogens (primary N) is 1. The first-order valence-corrected chi connectivity index (χ1v) is 7.56. The second-order valence-corrected chi connectivity index (χ2v) is 5.98. The van der Waals surface area contributed by atoms with Crippen LogP contribution in [0, 0.1) is 0 Å². The number of anilines is 1. The number of aliphatic hydroxyl groups excluding tert-OH is 1. The lowest BCUT2D eigenvalue weighted by Crippen LogP contribution is -2.35. The molecule has 5 N–H and O–H groups in total. The fraction of sp³-hybridized carbons (Fsp3) is 0.417. The fourth-order valence-electron chi connectivity index (χ4n) is 1.71. The number of carboxylic acid groups (broad SMARTS) is 1. The first-order valence-electron chi connectivity index (χ1n) is 6.07. The van der Waals surface area contributed by atoms with Crippen molar-refractivity contribution in [3.05, 3.63) is 23.8 Å². The summed E-state index contributed by atoms with van der Waals surface area (Å²) in [6.45, 7) is 1.66. The van der Waals surface area contributed by atoms with Crippen LogP contribution in [0.2, 0.25) is 0 Å². The summed E-state index contributed by atoms with van der Waals surface area (Å²) >= 11 is 0. The van der Waals surface area contributed by atoms with Crippen molar-refractivity contribution < 1.29 is 23.4 Å². The van der Waals surface area contributed by atoms with E-state index >= 15 is 0 Å². The van der Waals surface area contributed by atoms with Crippen molar-refractivity contribution in [3.63, 3.8) is 0 Å². The lowest BCUT2D eigenvalue weighted by atomic mass is 10.2. The minimum atomic E-state index is -3.85. The molecule has 0 aromatic heterocycles. The Hall–Kier alpha value is -1.64. The van der Waals surface area contributed by atoms with Crippen LogP contribution in [0.4, 0.5) is 5.69 Å². The molecular formula is C12H18N2O5S. The van der Waals surface area contributed by atoms with Crippen LogP contribution in [-0.4, -0.2) is 37.2 Å². The number of sulfonamides is 1. The molecule has 1 atom stereocenters. The van der Waals surface area contributed by atoms with Gasteiger partial charge in [0.1, 0.15) is 4.90 Å². The van der Waals surface area contributed by atoms with E-state index in [1.54, 1.807) is 6.92 Å². The average Bonchev–Trinajstić information content (AvgIpc) is 2.37. The van der Waals surface area contributed by atoms with Gasteiger partial charge in [-0.05, 0) is 31.0 Å². The van der Waals surface area contributed by atoms with Crippen molar-refractivity contribution in [1.82, 2.24) is 4.72 Å². The molecule has 0 bridgehead atoms. The van der Waals surface area contributed by atoms with Crippen LogP contribution in [-0.2, 0) is 10.0 Å². The maximum absolute atomic E-state index is 12.2. The van der Waals surface area contributed by atoms with Gasteiger partial charge in [0, 0.05) is 12.6 Å². The van der Waals surface area contributed by atoms with Crippen molar-refractivity contribution in [2.24, 2.45) is 0 Å². The lowest BCUT2D eigenvalue weighted by Gasteiger charge is -2.17. The Labute approximate surface area is 117 Å². The van der Waals surface area contributed by atoms with E-state index in [-0.39, 0.29) is 22.8 Å². The highest BCUT2D eigenvalue weighted by Gasteiger charge is 2.22. The molecule has 1 unspecified atom stereocenters. The Bertz CT molecular complexity index is 586. The van der Waals surface area contributed by atoms with E-state index in [1.807, 2.05) is 0 Å². The zero-order valence-corrected chi connectivity index (χ0v) is 11.9. The average molecular weight is 302 g/mol. The van der Waals surface area contributed by atoms with Gasteiger partial charge in [-0.1, -0.05) is 6.92 Å². The highest BCUT2D eigenvalue weighted by Crippen LogP contribution is 2.20. The molecule has 0 aliphatic heterocycles. The van der Waals surface area contributed by atoms with Crippen LogP contribution in [0.1, 0.15) is 30.1 Å². The second kappa shape index (κ2) is 6.69.